The molecule has 3 heteroatoms. The van der Waals surface area contributed by atoms with Gasteiger partial charge in [0.25, 0.3) is 0 Å². The smallest absolute Gasteiger partial charge is 0.119 e. The van der Waals surface area contributed by atoms with Crippen LogP contribution in [-0.4, -0.2) is 13.7 Å². The SMILES string of the molecule is COc1cccc([C@@H]2CCNc3ccccc3N2)c1. The van der Waals surface area contributed by atoms with Crippen molar-refractivity contribution in [1.82, 2.24) is 0 Å². The molecule has 1 aliphatic rings. The number of hydrogen-bond acceptors (Lipinski definition) is 3. The van der Waals surface area contributed by atoms with E-state index in [-0.39, 0.29) is 0 Å². The van der Waals surface area contributed by atoms with Gasteiger partial charge >= 0.3 is 0 Å². The molecule has 0 saturated heterocycles. The third-order valence-electron chi connectivity index (χ3n) is 3.50. The van der Waals surface area contributed by atoms with Crippen molar-refractivity contribution < 1.29 is 4.74 Å². The molecule has 19 heavy (non-hydrogen) atoms. The van der Waals surface area contributed by atoms with Crippen molar-refractivity contribution in [3.8, 4) is 5.75 Å². The first-order chi connectivity index (χ1) is 9.36. The van der Waals surface area contributed by atoms with Crippen LogP contribution in [0.1, 0.15) is 18.0 Å². The van der Waals surface area contributed by atoms with Gasteiger partial charge in [-0.3, -0.25) is 0 Å². The maximum absolute atomic E-state index is 5.30. The molecule has 0 aliphatic carbocycles. The van der Waals surface area contributed by atoms with Crippen LogP contribution >= 0.6 is 0 Å². The van der Waals surface area contributed by atoms with E-state index in [9.17, 15) is 0 Å². The van der Waals surface area contributed by atoms with Crippen molar-refractivity contribution in [2.45, 2.75) is 12.5 Å². The van der Waals surface area contributed by atoms with Crippen molar-refractivity contribution >= 4 is 11.4 Å². The Bertz CT molecular complexity index is 568. The highest BCUT2D eigenvalue weighted by Crippen LogP contribution is 2.32. The molecule has 98 valence electrons. The summed E-state index contributed by atoms with van der Waals surface area (Å²) in [6.45, 7) is 0.964. The molecule has 3 nitrogen and oxygen atoms in total. The molecule has 3 rings (SSSR count). The molecular formula is C16H18N2O. The van der Waals surface area contributed by atoms with Crippen LogP contribution < -0.4 is 15.4 Å². The van der Waals surface area contributed by atoms with Crippen LogP contribution in [0.5, 0.6) is 5.75 Å². The Labute approximate surface area is 113 Å². The first-order valence-electron chi connectivity index (χ1n) is 6.60. The Morgan fingerprint density at radius 2 is 1.89 bits per heavy atom. The molecule has 0 amide bonds. The Morgan fingerprint density at radius 3 is 2.74 bits per heavy atom. The quantitative estimate of drug-likeness (QED) is 0.858. The number of hydrogen-bond donors (Lipinski definition) is 2. The maximum Gasteiger partial charge on any atom is 0.119 e. The van der Waals surface area contributed by atoms with E-state index in [4.69, 9.17) is 4.74 Å². The lowest BCUT2D eigenvalue weighted by Gasteiger charge is -2.18. The Morgan fingerprint density at radius 1 is 1.05 bits per heavy atom. The van der Waals surface area contributed by atoms with Crippen molar-refractivity contribution in [2.24, 2.45) is 0 Å². The van der Waals surface area contributed by atoms with Gasteiger partial charge < -0.3 is 15.4 Å². The van der Waals surface area contributed by atoms with E-state index in [0.717, 1.165) is 24.4 Å². The van der Waals surface area contributed by atoms with Gasteiger partial charge in [0, 0.05) is 6.54 Å². The van der Waals surface area contributed by atoms with Crippen LogP contribution in [0.15, 0.2) is 48.5 Å². The summed E-state index contributed by atoms with van der Waals surface area (Å²) in [6.07, 6.45) is 1.04. The van der Waals surface area contributed by atoms with Crippen molar-refractivity contribution in [3.63, 3.8) is 0 Å². The number of methoxy groups -OCH3 is 1. The van der Waals surface area contributed by atoms with Crippen molar-refractivity contribution in [3.05, 3.63) is 54.1 Å². The Hall–Kier alpha value is -2.16. The summed E-state index contributed by atoms with van der Waals surface area (Å²) in [6, 6.07) is 16.9. The van der Waals surface area contributed by atoms with Gasteiger partial charge in [-0.05, 0) is 36.2 Å². The molecule has 0 bridgehead atoms. The van der Waals surface area contributed by atoms with Crippen LogP contribution in [0.25, 0.3) is 0 Å². The van der Waals surface area contributed by atoms with E-state index < -0.39 is 0 Å². The second-order valence-electron chi connectivity index (χ2n) is 4.73. The normalized spacial score (nSPS) is 17.6. The van der Waals surface area contributed by atoms with E-state index in [1.165, 1.54) is 11.3 Å². The molecule has 1 heterocycles. The first-order valence-corrected chi connectivity index (χ1v) is 6.60. The molecule has 0 aromatic heterocycles. The molecule has 1 atom stereocenters. The summed E-state index contributed by atoms with van der Waals surface area (Å²) in [5.41, 5.74) is 3.60. The number of fused-ring (bicyclic) bond motifs is 1. The predicted molar refractivity (Wildman–Crippen MR) is 78.9 cm³/mol. The van der Waals surface area contributed by atoms with E-state index in [1.54, 1.807) is 7.11 Å². The molecule has 0 unspecified atom stereocenters. The third kappa shape index (κ3) is 2.50. The molecule has 2 N–H and O–H groups in total. The number of anilines is 2. The van der Waals surface area contributed by atoms with Gasteiger partial charge in [-0.1, -0.05) is 24.3 Å². The van der Waals surface area contributed by atoms with E-state index in [1.807, 2.05) is 12.1 Å². The van der Waals surface area contributed by atoms with Gasteiger partial charge in [0.1, 0.15) is 5.75 Å². The molecule has 0 spiro atoms. The van der Waals surface area contributed by atoms with Crippen LogP contribution in [0.2, 0.25) is 0 Å². The Kier molecular flexibility index (Phi) is 3.27. The fourth-order valence-corrected chi connectivity index (χ4v) is 2.48. The lowest BCUT2D eigenvalue weighted by atomic mass is 10.0. The molecule has 1 aliphatic heterocycles. The average Bonchev–Trinajstić information content (AvgIpc) is 2.69. The highest BCUT2D eigenvalue weighted by atomic mass is 16.5. The van der Waals surface area contributed by atoms with Crippen LogP contribution in [-0.2, 0) is 0 Å². The largest absolute Gasteiger partial charge is 0.497 e. The van der Waals surface area contributed by atoms with Gasteiger partial charge in [-0.25, -0.2) is 0 Å². The standard InChI is InChI=1S/C16H18N2O/c1-19-13-6-4-5-12(11-13)14-9-10-17-15-7-2-3-8-16(15)18-14/h2-8,11,14,17-18H,9-10H2,1H3/t14-/m0/s1. The number of ether oxygens (including phenoxy) is 1. The second kappa shape index (κ2) is 5.22. The number of rotatable bonds is 2. The summed E-state index contributed by atoms with van der Waals surface area (Å²) in [5, 5.41) is 7.07. The monoisotopic (exact) mass is 254 g/mol. The second-order valence-corrected chi connectivity index (χ2v) is 4.73. The molecule has 2 aromatic rings. The average molecular weight is 254 g/mol. The minimum absolute atomic E-state index is 0.311. The molecule has 0 radical (unpaired) electrons. The van der Waals surface area contributed by atoms with E-state index in [0.29, 0.717) is 6.04 Å². The van der Waals surface area contributed by atoms with Crippen molar-refractivity contribution in [1.29, 1.82) is 0 Å². The Balaban J connectivity index is 1.89. The third-order valence-corrected chi connectivity index (χ3v) is 3.50. The number of benzene rings is 2. The number of nitrogens with one attached hydrogen (secondary N) is 2. The predicted octanol–water partition coefficient (Wildman–Crippen LogP) is 3.66. The lowest BCUT2D eigenvalue weighted by Crippen LogP contribution is -2.11. The van der Waals surface area contributed by atoms with Crippen LogP contribution in [0.4, 0.5) is 11.4 Å². The minimum Gasteiger partial charge on any atom is -0.497 e. The summed E-state index contributed by atoms with van der Waals surface area (Å²) in [5.74, 6) is 0.907. The van der Waals surface area contributed by atoms with E-state index in [2.05, 4.69) is 47.0 Å². The van der Waals surface area contributed by atoms with Crippen LogP contribution in [0.3, 0.4) is 0 Å². The summed E-state index contributed by atoms with van der Waals surface area (Å²) in [4.78, 5) is 0. The number of para-hydroxylation sites is 2. The molecular weight excluding hydrogens is 236 g/mol. The van der Waals surface area contributed by atoms with Gasteiger partial charge in [-0.15, -0.1) is 0 Å². The van der Waals surface area contributed by atoms with Gasteiger partial charge in [0.2, 0.25) is 0 Å². The molecule has 0 fully saturated rings. The first kappa shape index (κ1) is 11.9. The zero-order valence-electron chi connectivity index (χ0n) is 11.0. The summed E-state index contributed by atoms with van der Waals surface area (Å²) in [7, 11) is 1.70. The van der Waals surface area contributed by atoms with Gasteiger partial charge in [0.15, 0.2) is 0 Å². The summed E-state index contributed by atoms with van der Waals surface area (Å²) < 4.78 is 5.30. The zero-order chi connectivity index (χ0) is 13.1. The summed E-state index contributed by atoms with van der Waals surface area (Å²) >= 11 is 0. The molecule has 0 saturated carbocycles. The van der Waals surface area contributed by atoms with Crippen molar-refractivity contribution in [2.75, 3.05) is 24.3 Å². The zero-order valence-corrected chi connectivity index (χ0v) is 11.0. The fraction of sp³-hybridized carbons (Fsp3) is 0.250. The highest BCUT2D eigenvalue weighted by Gasteiger charge is 2.16. The highest BCUT2D eigenvalue weighted by molar-refractivity contribution is 5.70. The fourth-order valence-electron chi connectivity index (χ4n) is 2.48. The van der Waals surface area contributed by atoms with Crippen LogP contribution in [0, 0.1) is 0 Å². The van der Waals surface area contributed by atoms with E-state index >= 15 is 0 Å². The van der Waals surface area contributed by atoms with Gasteiger partial charge in [-0.2, -0.15) is 0 Å². The topological polar surface area (TPSA) is 33.3 Å². The van der Waals surface area contributed by atoms with Gasteiger partial charge in [0.05, 0.1) is 24.5 Å². The lowest BCUT2D eigenvalue weighted by molar-refractivity contribution is 0.414. The maximum atomic E-state index is 5.30. The molecule has 2 aromatic carbocycles. The minimum atomic E-state index is 0.311.